The van der Waals surface area contributed by atoms with Crippen LogP contribution in [-0.2, 0) is 14.4 Å². The van der Waals surface area contributed by atoms with E-state index >= 15 is 0 Å². The molecular weight excluding hydrogens is 426 g/mol. The maximum absolute atomic E-state index is 13.0. The third-order valence-corrected chi connectivity index (χ3v) is 7.89. The van der Waals surface area contributed by atoms with Crippen molar-refractivity contribution >= 4 is 35.9 Å². The molecule has 1 aliphatic carbocycles. The van der Waals surface area contributed by atoms with Gasteiger partial charge in [0.05, 0.1) is 22.9 Å². The molecule has 3 heterocycles. The number of rotatable bonds is 2. The molecule has 0 bridgehead atoms. The molecule has 10 heteroatoms. The van der Waals surface area contributed by atoms with Crippen LogP contribution in [0.5, 0.6) is 0 Å². The molecule has 1 aromatic rings. The minimum Gasteiger partial charge on any atom is -0.336 e. The van der Waals surface area contributed by atoms with Crippen LogP contribution in [0.25, 0.3) is 6.08 Å². The lowest BCUT2D eigenvalue weighted by atomic mass is 9.42. The van der Waals surface area contributed by atoms with Gasteiger partial charge in [0.25, 0.3) is 0 Å². The summed E-state index contributed by atoms with van der Waals surface area (Å²) in [4.78, 5) is 68.9. The van der Waals surface area contributed by atoms with Gasteiger partial charge in [0.15, 0.2) is 0 Å². The molecule has 0 aromatic heterocycles. The first kappa shape index (κ1) is 21.2. The van der Waals surface area contributed by atoms with Crippen molar-refractivity contribution < 1.29 is 24.0 Å². The summed E-state index contributed by atoms with van der Waals surface area (Å²) in [7, 11) is 0. The molecule has 2 N–H and O–H groups in total. The van der Waals surface area contributed by atoms with Crippen LogP contribution < -0.4 is 10.6 Å². The van der Waals surface area contributed by atoms with E-state index in [4.69, 9.17) is 0 Å². The SMILES string of the molecule is CC12C(=O)NC(=O)N3CCN(C(=O)C=Cc4ccccc4)CCN4C(=O)NC(=O)C1(C)C4C32. The van der Waals surface area contributed by atoms with Gasteiger partial charge in [-0.2, -0.15) is 0 Å². The summed E-state index contributed by atoms with van der Waals surface area (Å²) in [5.41, 5.74) is -1.51. The second-order valence-corrected chi connectivity index (χ2v) is 9.27. The number of hydrogen-bond donors (Lipinski definition) is 2. The average Bonchev–Trinajstić information content (AvgIpc) is 2.88. The molecule has 0 radical (unpaired) electrons. The second-order valence-electron chi connectivity index (χ2n) is 9.27. The van der Waals surface area contributed by atoms with E-state index in [0.717, 1.165) is 5.56 Å². The van der Waals surface area contributed by atoms with Gasteiger partial charge in [-0.15, -0.1) is 0 Å². The number of carbonyl (C=O) groups excluding carboxylic acids is 5. The summed E-state index contributed by atoms with van der Waals surface area (Å²) in [6, 6.07) is 6.97. The van der Waals surface area contributed by atoms with Crippen molar-refractivity contribution in [2.24, 2.45) is 10.8 Å². The third-order valence-electron chi connectivity index (χ3n) is 7.89. The van der Waals surface area contributed by atoms with Crippen LogP contribution in [0.15, 0.2) is 36.4 Å². The highest BCUT2D eigenvalue weighted by Crippen LogP contribution is 2.63. The molecule has 7 amide bonds. The normalized spacial score (nSPS) is 33.5. The van der Waals surface area contributed by atoms with Crippen molar-refractivity contribution in [3.8, 4) is 0 Å². The van der Waals surface area contributed by atoms with Gasteiger partial charge in [0, 0.05) is 32.3 Å². The zero-order valence-corrected chi connectivity index (χ0v) is 18.4. The van der Waals surface area contributed by atoms with Crippen molar-refractivity contribution in [1.82, 2.24) is 25.3 Å². The quantitative estimate of drug-likeness (QED) is 0.632. The molecule has 172 valence electrons. The highest BCUT2D eigenvalue weighted by molar-refractivity contribution is 6.10. The lowest BCUT2D eigenvalue weighted by molar-refractivity contribution is -0.212. The van der Waals surface area contributed by atoms with E-state index in [9.17, 15) is 24.0 Å². The molecule has 4 unspecified atom stereocenters. The molecule has 10 nitrogen and oxygen atoms in total. The van der Waals surface area contributed by atoms with Gasteiger partial charge in [-0.1, -0.05) is 30.3 Å². The number of benzene rings is 1. The fourth-order valence-corrected chi connectivity index (χ4v) is 5.81. The summed E-state index contributed by atoms with van der Waals surface area (Å²) < 4.78 is 0. The molecule has 4 atom stereocenters. The number of amides is 7. The van der Waals surface area contributed by atoms with Gasteiger partial charge in [-0.05, 0) is 25.5 Å². The van der Waals surface area contributed by atoms with Crippen molar-refractivity contribution in [2.75, 3.05) is 26.2 Å². The Morgan fingerprint density at radius 2 is 1.33 bits per heavy atom. The smallest absolute Gasteiger partial charge is 0.324 e. The number of nitrogens with zero attached hydrogens (tertiary/aromatic N) is 3. The maximum atomic E-state index is 13.0. The number of urea groups is 2. The highest BCUT2D eigenvalue weighted by atomic mass is 16.2. The largest absolute Gasteiger partial charge is 0.336 e. The minimum atomic E-state index is -1.19. The van der Waals surface area contributed by atoms with E-state index < -0.39 is 46.8 Å². The third kappa shape index (κ3) is 2.76. The Balaban J connectivity index is 1.47. The van der Waals surface area contributed by atoms with E-state index in [2.05, 4.69) is 10.6 Å². The fraction of sp³-hybridized carbons (Fsp3) is 0.435. The average molecular weight is 451 g/mol. The summed E-state index contributed by atoms with van der Waals surface area (Å²) in [5, 5.41) is 4.75. The molecular formula is C23H25N5O5. The van der Waals surface area contributed by atoms with Gasteiger partial charge in [0.2, 0.25) is 17.7 Å². The Morgan fingerprint density at radius 1 is 0.848 bits per heavy atom. The minimum absolute atomic E-state index is 0.181. The predicted octanol–water partition coefficient (Wildman–Crippen LogP) is 0.409. The summed E-state index contributed by atoms with van der Waals surface area (Å²) in [5.74, 6) is -1.29. The summed E-state index contributed by atoms with van der Waals surface area (Å²) in [6.07, 6.45) is 3.18. The summed E-state index contributed by atoms with van der Waals surface area (Å²) >= 11 is 0. The van der Waals surface area contributed by atoms with E-state index in [1.165, 1.54) is 15.9 Å². The van der Waals surface area contributed by atoms with Crippen molar-refractivity contribution in [1.29, 1.82) is 0 Å². The van der Waals surface area contributed by atoms with Crippen molar-refractivity contribution in [2.45, 2.75) is 25.9 Å². The Bertz CT molecular complexity index is 1050. The fourth-order valence-electron chi connectivity index (χ4n) is 5.81. The molecule has 3 saturated heterocycles. The molecule has 4 aliphatic rings. The van der Waals surface area contributed by atoms with Crippen LogP contribution >= 0.6 is 0 Å². The Morgan fingerprint density at radius 3 is 1.82 bits per heavy atom. The van der Waals surface area contributed by atoms with Gasteiger partial charge in [-0.3, -0.25) is 25.0 Å². The van der Waals surface area contributed by atoms with Gasteiger partial charge >= 0.3 is 12.1 Å². The van der Waals surface area contributed by atoms with Crippen LogP contribution in [0.1, 0.15) is 19.4 Å². The van der Waals surface area contributed by atoms with Gasteiger partial charge < -0.3 is 14.7 Å². The molecule has 5 rings (SSSR count). The van der Waals surface area contributed by atoms with E-state index in [1.807, 2.05) is 30.3 Å². The standard InChI is InChI=1S/C23H25N5O5/c1-22-16-17-23(22,2)19(31)25-21(33)28(17)13-11-26(10-12-27(16)20(32)24-18(22)30)15(29)9-8-14-6-4-3-5-7-14/h3-9,16-17H,10-13H2,1-2H3,(H,24,30,32)(H,25,31,33). The van der Waals surface area contributed by atoms with Gasteiger partial charge in [-0.25, -0.2) is 9.59 Å². The number of imide groups is 2. The first-order valence-electron chi connectivity index (χ1n) is 11.0. The Labute approximate surface area is 190 Å². The second kappa shape index (κ2) is 7.16. The van der Waals surface area contributed by atoms with Crippen molar-refractivity contribution in [3.63, 3.8) is 0 Å². The zero-order valence-electron chi connectivity index (χ0n) is 18.4. The summed E-state index contributed by atoms with van der Waals surface area (Å²) in [6.45, 7) is 4.17. The predicted molar refractivity (Wildman–Crippen MR) is 116 cm³/mol. The van der Waals surface area contributed by atoms with Crippen LogP contribution in [0, 0.1) is 10.8 Å². The monoisotopic (exact) mass is 451 g/mol. The number of nitrogens with one attached hydrogen (secondary N) is 2. The first-order chi connectivity index (χ1) is 15.7. The lowest BCUT2D eigenvalue weighted by Gasteiger charge is -2.71. The molecule has 4 fully saturated rings. The van der Waals surface area contributed by atoms with Crippen molar-refractivity contribution in [3.05, 3.63) is 42.0 Å². The van der Waals surface area contributed by atoms with E-state index in [1.54, 1.807) is 24.8 Å². The highest BCUT2D eigenvalue weighted by Gasteiger charge is 2.80. The molecule has 1 aromatic carbocycles. The molecule has 3 aliphatic heterocycles. The Hall–Kier alpha value is -3.69. The van der Waals surface area contributed by atoms with Crippen LogP contribution in [-0.4, -0.2) is 82.7 Å². The Kier molecular flexibility index (Phi) is 4.59. The topological polar surface area (TPSA) is 119 Å². The molecule has 0 spiro atoms. The first-order valence-corrected chi connectivity index (χ1v) is 11.0. The molecule has 33 heavy (non-hydrogen) atoms. The number of fused-ring (bicyclic) bond motifs is 1. The van der Waals surface area contributed by atoms with Crippen LogP contribution in [0.4, 0.5) is 9.59 Å². The molecule has 1 saturated carbocycles. The van der Waals surface area contributed by atoms with Crippen LogP contribution in [0.2, 0.25) is 0 Å². The maximum Gasteiger partial charge on any atom is 0.324 e. The zero-order chi connectivity index (χ0) is 23.5. The van der Waals surface area contributed by atoms with Gasteiger partial charge in [0.1, 0.15) is 0 Å². The number of carbonyl (C=O) groups is 5. The van der Waals surface area contributed by atoms with E-state index in [0.29, 0.717) is 0 Å². The lowest BCUT2D eigenvalue weighted by Crippen LogP contribution is -2.91. The number of hydrogen-bond acceptors (Lipinski definition) is 5. The van der Waals surface area contributed by atoms with Crippen LogP contribution in [0.3, 0.4) is 0 Å². The van der Waals surface area contributed by atoms with E-state index in [-0.39, 0.29) is 32.1 Å².